The van der Waals surface area contributed by atoms with Gasteiger partial charge in [-0.2, -0.15) is 8.42 Å². The fraction of sp³-hybridized carbons (Fsp3) is 0.100. The van der Waals surface area contributed by atoms with Crippen LogP contribution in [-0.4, -0.2) is 15.5 Å². The van der Waals surface area contributed by atoms with Crippen LogP contribution in [0.2, 0.25) is 0 Å². The Morgan fingerprint density at radius 1 is 0.846 bits per heavy atom. The van der Waals surface area contributed by atoms with Crippen molar-refractivity contribution in [1.82, 2.24) is 0 Å². The van der Waals surface area contributed by atoms with Gasteiger partial charge in [-0.15, -0.1) is 0 Å². The van der Waals surface area contributed by atoms with E-state index in [1.165, 1.54) is 12.1 Å². The minimum atomic E-state index is -3.85. The molecule has 0 saturated heterocycles. The monoisotopic (exact) mass is 369 g/mol. The van der Waals surface area contributed by atoms with Gasteiger partial charge < -0.3 is 14.2 Å². The molecule has 0 fully saturated rings. The van der Waals surface area contributed by atoms with Gasteiger partial charge in [0.1, 0.15) is 16.4 Å². The van der Waals surface area contributed by atoms with Gasteiger partial charge in [-0.3, -0.25) is 0 Å². The van der Waals surface area contributed by atoms with Crippen LogP contribution in [0.5, 0.6) is 11.5 Å². The predicted molar refractivity (Wildman–Crippen MR) is 101 cm³/mol. The van der Waals surface area contributed by atoms with Crippen molar-refractivity contribution in [2.45, 2.75) is 11.4 Å². The summed E-state index contributed by atoms with van der Waals surface area (Å²) < 4.78 is 35.0. The minimum Gasteiger partial charge on any atom is -0.497 e. The van der Waals surface area contributed by atoms with E-state index in [-0.39, 0.29) is 10.6 Å². The first kappa shape index (κ1) is 17.8. The standard InChI is InChI=1S/C20H19NO4S/c1-24-18-12-10-16(11-13-18)15-21-17-6-5-7-19(14-17)25-26(22,23)20-8-3-2-4-9-20/h2-14,21H,15H2,1H3. The summed E-state index contributed by atoms with van der Waals surface area (Å²) in [6.07, 6.45) is 0. The van der Waals surface area contributed by atoms with Gasteiger partial charge in [0.15, 0.2) is 0 Å². The van der Waals surface area contributed by atoms with Crippen molar-refractivity contribution in [3.8, 4) is 11.5 Å². The Kier molecular flexibility index (Phi) is 5.43. The Morgan fingerprint density at radius 2 is 1.58 bits per heavy atom. The number of hydrogen-bond donors (Lipinski definition) is 1. The fourth-order valence-electron chi connectivity index (χ4n) is 2.37. The van der Waals surface area contributed by atoms with Gasteiger partial charge in [0, 0.05) is 18.3 Å². The van der Waals surface area contributed by atoms with Crippen LogP contribution in [0.1, 0.15) is 5.56 Å². The van der Waals surface area contributed by atoms with Gasteiger partial charge in [0.05, 0.1) is 7.11 Å². The quantitative estimate of drug-likeness (QED) is 0.636. The molecule has 0 amide bonds. The van der Waals surface area contributed by atoms with E-state index in [0.29, 0.717) is 6.54 Å². The summed E-state index contributed by atoms with van der Waals surface area (Å²) in [4.78, 5) is 0.122. The Labute approximate surface area is 153 Å². The number of methoxy groups -OCH3 is 1. The third-order valence-electron chi connectivity index (χ3n) is 3.73. The normalized spacial score (nSPS) is 11.0. The molecule has 0 aromatic heterocycles. The summed E-state index contributed by atoms with van der Waals surface area (Å²) in [5, 5.41) is 3.25. The van der Waals surface area contributed by atoms with Gasteiger partial charge in [-0.05, 0) is 42.0 Å². The minimum absolute atomic E-state index is 0.122. The van der Waals surface area contributed by atoms with Crippen molar-refractivity contribution in [1.29, 1.82) is 0 Å². The number of nitrogens with one attached hydrogen (secondary N) is 1. The first-order valence-corrected chi connectivity index (χ1v) is 9.44. The molecule has 3 aromatic carbocycles. The summed E-state index contributed by atoms with van der Waals surface area (Å²) in [6.45, 7) is 0.596. The SMILES string of the molecule is COc1ccc(CNc2cccc(OS(=O)(=O)c3ccccc3)c2)cc1. The molecule has 0 unspecified atom stereocenters. The molecular formula is C20H19NO4S. The third kappa shape index (κ3) is 4.55. The molecule has 0 spiro atoms. The molecule has 0 atom stereocenters. The fourth-order valence-corrected chi connectivity index (χ4v) is 3.31. The van der Waals surface area contributed by atoms with Crippen LogP contribution in [0.15, 0.2) is 83.8 Å². The lowest BCUT2D eigenvalue weighted by atomic mass is 10.2. The van der Waals surface area contributed by atoms with Gasteiger partial charge in [0.2, 0.25) is 0 Å². The van der Waals surface area contributed by atoms with Crippen LogP contribution in [-0.2, 0) is 16.7 Å². The van der Waals surface area contributed by atoms with E-state index in [0.717, 1.165) is 17.0 Å². The lowest BCUT2D eigenvalue weighted by Gasteiger charge is -2.10. The molecule has 5 nitrogen and oxygen atoms in total. The molecule has 134 valence electrons. The summed E-state index contributed by atoms with van der Waals surface area (Å²) in [7, 11) is -2.22. The molecule has 0 aliphatic heterocycles. The van der Waals surface area contributed by atoms with Crippen molar-refractivity contribution in [2.75, 3.05) is 12.4 Å². The number of ether oxygens (including phenoxy) is 1. The first-order chi connectivity index (χ1) is 12.6. The molecule has 0 radical (unpaired) electrons. The van der Waals surface area contributed by atoms with E-state index >= 15 is 0 Å². The highest BCUT2D eigenvalue weighted by molar-refractivity contribution is 7.87. The van der Waals surface area contributed by atoms with Gasteiger partial charge >= 0.3 is 10.1 Å². The highest BCUT2D eigenvalue weighted by Gasteiger charge is 2.16. The summed E-state index contributed by atoms with van der Waals surface area (Å²) >= 11 is 0. The lowest BCUT2D eigenvalue weighted by molar-refractivity contribution is 0.414. The summed E-state index contributed by atoms with van der Waals surface area (Å²) in [5.41, 5.74) is 1.84. The molecule has 0 bridgehead atoms. The van der Waals surface area contributed by atoms with E-state index in [1.807, 2.05) is 30.3 Å². The van der Waals surface area contributed by atoms with Gasteiger partial charge in [-0.25, -0.2) is 0 Å². The zero-order valence-electron chi connectivity index (χ0n) is 14.3. The van der Waals surface area contributed by atoms with Crippen molar-refractivity contribution < 1.29 is 17.3 Å². The zero-order chi connectivity index (χ0) is 18.4. The first-order valence-electron chi connectivity index (χ1n) is 8.03. The summed E-state index contributed by atoms with van der Waals surface area (Å²) in [5.74, 6) is 1.06. The number of anilines is 1. The maximum atomic E-state index is 12.3. The topological polar surface area (TPSA) is 64.6 Å². The van der Waals surface area contributed by atoms with Crippen molar-refractivity contribution in [3.05, 3.63) is 84.4 Å². The second-order valence-electron chi connectivity index (χ2n) is 5.58. The molecule has 0 aliphatic rings. The molecular weight excluding hydrogens is 350 g/mol. The number of rotatable bonds is 7. The maximum Gasteiger partial charge on any atom is 0.339 e. The van der Waals surface area contributed by atoms with Crippen molar-refractivity contribution in [3.63, 3.8) is 0 Å². The van der Waals surface area contributed by atoms with Crippen molar-refractivity contribution >= 4 is 15.8 Å². The molecule has 0 heterocycles. The Balaban J connectivity index is 1.68. The molecule has 6 heteroatoms. The van der Waals surface area contributed by atoms with Crippen LogP contribution < -0.4 is 14.2 Å². The third-order valence-corrected chi connectivity index (χ3v) is 4.99. The molecule has 1 N–H and O–H groups in total. The van der Waals surface area contributed by atoms with Crippen LogP contribution >= 0.6 is 0 Å². The van der Waals surface area contributed by atoms with Crippen LogP contribution in [0.25, 0.3) is 0 Å². The van der Waals surface area contributed by atoms with Crippen LogP contribution in [0.4, 0.5) is 5.69 Å². The lowest BCUT2D eigenvalue weighted by Crippen LogP contribution is -2.09. The molecule has 3 aromatic rings. The Hall–Kier alpha value is -2.99. The van der Waals surface area contributed by atoms with E-state index in [2.05, 4.69) is 5.32 Å². The van der Waals surface area contributed by atoms with Gasteiger partial charge in [0.25, 0.3) is 0 Å². The Morgan fingerprint density at radius 3 is 2.27 bits per heavy atom. The van der Waals surface area contributed by atoms with E-state index in [9.17, 15) is 8.42 Å². The average molecular weight is 369 g/mol. The molecule has 0 saturated carbocycles. The highest BCUT2D eigenvalue weighted by Crippen LogP contribution is 2.22. The average Bonchev–Trinajstić information content (AvgIpc) is 2.67. The van der Waals surface area contributed by atoms with E-state index < -0.39 is 10.1 Å². The largest absolute Gasteiger partial charge is 0.497 e. The highest BCUT2D eigenvalue weighted by atomic mass is 32.2. The smallest absolute Gasteiger partial charge is 0.339 e. The van der Waals surface area contributed by atoms with Crippen molar-refractivity contribution in [2.24, 2.45) is 0 Å². The summed E-state index contributed by atoms with van der Waals surface area (Å²) in [6, 6.07) is 22.6. The second-order valence-corrected chi connectivity index (χ2v) is 7.13. The van der Waals surface area contributed by atoms with Crippen LogP contribution in [0, 0.1) is 0 Å². The molecule has 26 heavy (non-hydrogen) atoms. The van der Waals surface area contributed by atoms with Crippen LogP contribution in [0.3, 0.4) is 0 Å². The maximum absolute atomic E-state index is 12.3. The zero-order valence-corrected chi connectivity index (χ0v) is 15.1. The molecule has 0 aliphatic carbocycles. The van der Waals surface area contributed by atoms with Gasteiger partial charge in [-0.1, -0.05) is 36.4 Å². The number of benzene rings is 3. The molecule has 3 rings (SSSR count). The van der Waals surface area contributed by atoms with E-state index in [1.54, 1.807) is 43.5 Å². The van der Waals surface area contributed by atoms with E-state index in [4.69, 9.17) is 8.92 Å². The number of hydrogen-bond acceptors (Lipinski definition) is 5. The second kappa shape index (κ2) is 7.93. The predicted octanol–water partition coefficient (Wildman–Crippen LogP) is 4.08. The Bertz CT molecular complexity index is 955.